The smallest absolute Gasteiger partial charge is 0.261 e. The van der Waals surface area contributed by atoms with Crippen LogP contribution in [0.15, 0.2) is 46.9 Å². The lowest BCUT2D eigenvalue weighted by Gasteiger charge is -2.16. The van der Waals surface area contributed by atoms with Crippen LogP contribution in [-0.2, 0) is 4.79 Å². The first-order valence-electron chi connectivity index (χ1n) is 10.2. The van der Waals surface area contributed by atoms with Crippen LogP contribution in [-0.4, -0.2) is 30.6 Å². The Hall–Kier alpha value is -2.45. The second-order valence-corrected chi connectivity index (χ2v) is 8.41. The molecule has 2 N–H and O–H groups in total. The van der Waals surface area contributed by atoms with Gasteiger partial charge >= 0.3 is 0 Å². The first-order chi connectivity index (χ1) is 14.8. The van der Waals surface area contributed by atoms with E-state index in [1.807, 2.05) is 6.07 Å². The average molecular weight is 506 g/mol. The van der Waals surface area contributed by atoms with Crippen LogP contribution in [0.5, 0.6) is 5.75 Å². The van der Waals surface area contributed by atoms with E-state index in [2.05, 4.69) is 33.5 Å². The van der Waals surface area contributed by atoms with Crippen LogP contribution in [0.1, 0.15) is 49.9 Å². The summed E-state index contributed by atoms with van der Waals surface area (Å²) in [5, 5.41) is 5.85. The van der Waals surface area contributed by atoms with Gasteiger partial charge in [0, 0.05) is 29.8 Å². The van der Waals surface area contributed by atoms with Crippen molar-refractivity contribution in [2.24, 2.45) is 0 Å². The number of hydrogen-bond acceptors (Lipinski definition) is 4. The Morgan fingerprint density at radius 3 is 2.45 bits per heavy atom. The molecule has 2 amide bonds. The number of nitrogens with zero attached hydrogens (tertiary/aromatic N) is 1. The zero-order valence-corrected chi connectivity index (χ0v) is 20.4. The van der Waals surface area contributed by atoms with Gasteiger partial charge in [0.25, 0.3) is 5.91 Å². The van der Waals surface area contributed by atoms with Crippen LogP contribution in [0.25, 0.3) is 0 Å². The standard InChI is InChI=1S/C23H28BrN3O3S/c1-4-5-6-7-14-30-21-13-8-17(24)15-20(21)22(29)26-23(31)25-18-9-11-19(12-10-18)27(3)16(2)28/h8-13,15H,4-7,14H2,1-3H3,(H2,25,26,29,31). The summed E-state index contributed by atoms with van der Waals surface area (Å²) in [5.41, 5.74) is 1.88. The van der Waals surface area contributed by atoms with E-state index >= 15 is 0 Å². The first kappa shape index (κ1) is 24.8. The van der Waals surface area contributed by atoms with Crippen molar-refractivity contribution in [2.45, 2.75) is 39.5 Å². The predicted octanol–water partition coefficient (Wildman–Crippen LogP) is 5.52. The Labute approximate surface area is 197 Å². The summed E-state index contributed by atoms with van der Waals surface area (Å²) in [4.78, 5) is 25.8. The van der Waals surface area contributed by atoms with Gasteiger partial charge in [-0.1, -0.05) is 42.1 Å². The van der Waals surface area contributed by atoms with Crippen LogP contribution >= 0.6 is 28.1 Å². The highest BCUT2D eigenvalue weighted by Gasteiger charge is 2.15. The molecule has 0 aliphatic carbocycles. The number of thiocarbonyl (C=S) groups is 1. The molecule has 0 aliphatic rings. The minimum atomic E-state index is -0.352. The minimum Gasteiger partial charge on any atom is -0.493 e. The summed E-state index contributed by atoms with van der Waals surface area (Å²) in [5.74, 6) is 0.118. The number of ether oxygens (including phenoxy) is 1. The molecule has 0 atom stereocenters. The number of nitrogens with one attached hydrogen (secondary N) is 2. The van der Waals surface area contributed by atoms with Crippen LogP contribution in [0.4, 0.5) is 11.4 Å². The number of amides is 2. The summed E-state index contributed by atoms with van der Waals surface area (Å²) < 4.78 is 6.61. The maximum atomic E-state index is 12.8. The molecule has 31 heavy (non-hydrogen) atoms. The number of halogens is 1. The molecule has 0 bridgehead atoms. The lowest BCUT2D eigenvalue weighted by Crippen LogP contribution is -2.34. The molecule has 0 fully saturated rings. The molecule has 0 unspecified atom stereocenters. The van der Waals surface area contributed by atoms with Crippen molar-refractivity contribution in [1.82, 2.24) is 5.32 Å². The summed E-state index contributed by atoms with van der Waals surface area (Å²) in [6, 6.07) is 12.5. The average Bonchev–Trinajstić information content (AvgIpc) is 2.74. The third-order valence-corrected chi connectivity index (χ3v) is 5.35. The predicted molar refractivity (Wildman–Crippen MR) is 133 cm³/mol. The Bertz CT molecular complexity index is 919. The fourth-order valence-electron chi connectivity index (χ4n) is 2.80. The topological polar surface area (TPSA) is 70.7 Å². The van der Waals surface area contributed by atoms with Crippen LogP contribution in [0.2, 0.25) is 0 Å². The summed E-state index contributed by atoms with van der Waals surface area (Å²) in [6.07, 6.45) is 4.37. The Kier molecular flexibility index (Phi) is 9.94. The van der Waals surface area contributed by atoms with Crippen LogP contribution in [0.3, 0.4) is 0 Å². The molecule has 166 valence electrons. The van der Waals surface area contributed by atoms with Crippen LogP contribution in [0, 0.1) is 0 Å². The molecule has 0 aromatic heterocycles. The van der Waals surface area contributed by atoms with Crippen molar-refractivity contribution >= 4 is 56.4 Å². The number of benzene rings is 2. The molecule has 0 radical (unpaired) electrons. The molecule has 0 heterocycles. The zero-order chi connectivity index (χ0) is 22.8. The van der Waals surface area contributed by atoms with Gasteiger partial charge in [-0.3, -0.25) is 14.9 Å². The molecule has 0 spiro atoms. The van der Waals surface area contributed by atoms with Gasteiger partial charge in [-0.15, -0.1) is 0 Å². The number of carbonyl (C=O) groups excluding carboxylic acids is 2. The highest BCUT2D eigenvalue weighted by atomic mass is 79.9. The number of anilines is 2. The first-order valence-corrected chi connectivity index (χ1v) is 11.4. The molecule has 2 aromatic carbocycles. The van der Waals surface area contributed by atoms with Gasteiger partial charge < -0.3 is 15.0 Å². The molecular weight excluding hydrogens is 478 g/mol. The zero-order valence-electron chi connectivity index (χ0n) is 18.0. The van der Waals surface area contributed by atoms with E-state index in [0.717, 1.165) is 29.4 Å². The molecule has 0 saturated heterocycles. The molecular formula is C23H28BrN3O3S. The largest absolute Gasteiger partial charge is 0.493 e. The van der Waals surface area contributed by atoms with Crippen molar-refractivity contribution in [3.05, 3.63) is 52.5 Å². The summed E-state index contributed by atoms with van der Waals surface area (Å²) >= 11 is 8.69. The lowest BCUT2D eigenvalue weighted by molar-refractivity contribution is -0.116. The monoisotopic (exact) mass is 505 g/mol. The van der Waals surface area contributed by atoms with Crippen LogP contribution < -0.4 is 20.3 Å². The Morgan fingerprint density at radius 1 is 1.10 bits per heavy atom. The second kappa shape index (κ2) is 12.4. The lowest BCUT2D eigenvalue weighted by atomic mass is 10.2. The van der Waals surface area contributed by atoms with Crippen molar-refractivity contribution in [1.29, 1.82) is 0 Å². The van der Waals surface area contributed by atoms with Crippen molar-refractivity contribution in [3.63, 3.8) is 0 Å². The van der Waals surface area contributed by atoms with Crippen molar-refractivity contribution in [2.75, 3.05) is 23.9 Å². The number of unbranched alkanes of at least 4 members (excludes halogenated alkanes) is 3. The molecule has 0 saturated carbocycles. The van der Waals surface area contributed by atoms with Gasteiger partial charge in [-0.25, -0.2) is 0 Å². The van der Waals surface area contributed by atoms with E-state index in [1.165, 1.54) is 13.3 Å². The van der Waals surface area contributed by atoms with Gasteiger partial charge in [-0.05, 0) is 61.1 Å². The SMILES string of the molecule is CCCCCCOc1ccc(Br)cc1C(=O)NC(=S)Nc1ccc(N(C)C(C)=O)cc1. The molecule has 8 heteroatoms. The number of rotatable bonds is 9. The summed E-state index contributed by atoms with van der Waals surface area (Å²) in [6.45, 7) is 4.22. The molecule has 6 nitrogen and oxygen atoms in total. The minimum absolute atomic E-state index is 0.0547. The van der Waals surface area contributed by atoms with E-state index in [4.69, 9.17) is 17.0 Å². The van der Waals surface area contributed by atoms with E-state index < -0.39 is 0 Å². The number of carbonyl (C=O) groups is 2. The molecule has 2 aromatic rings. The maximum Gasteiger partial charge on any atom is 0.261 e. The van der Waals surface area contributed by atoms with Gasteiger partial charge in [0.15, 0.2) is 5.11 Å². The quantitative estimate of drug-likeness (QED) is 0.346. The fourth-order valence-corrected chi connectivity index (χ4v) is 3.37. The Morgan fingerprint density at radius 2 is 1.81 bits per heavy atom. The number of hydrogen-bond donors (Lipinski definition) is 2. The van der Waals surface area contributed by atoms with E-state index in [1.54, 1.807) is 48.3 Å². The third kappa shape index (κ3) is 7.95. The highest BCUT2D eigenvalue weighted by Crippen LogP contribution is 2.24. The maximum absolute atomic E-state index is 12.8. The van der Waals surface area contributed by atoms with Gasteiger partial charge in [0.2, 0.25) is 5.91 Å². The van der Waals surface area contributed by atoms with Gasteiger partial charge in [0.1, 0.15) is 5.75 Å². The molecule has 2 rings (SSSR count). The van der Waals surface area contributed by atoms with Crippen molar-refractivity contribution in [3.8, 4) is 5.75 Å². The normalized spacial score (nSPS) is 10.3. The van der Waals surface area contributed by atoms with Crippen molar-refractivity contribution < 1.29 is 14.3 Å². The Balaban J connectivity index is 1.98. The van der Waals surface area contributed by atoms with E-state index in [-0.39, 0.29) is 16.9 Å². The second-order valence-electron chi connectivity index (χ2n) is 7.08. The van der Waals surface area contributed by atoms with E-state index in [9.17, 15) is 9.59 Å². The third-order valence-electron chi connectivity index (χ3n) is 4.65. The summed E-state index contributed by atoms with van der Waals surface area (Å²) in [7, 11) is 1.71. The van der Waals surface area contributed by atoms with E-state index in [0.29, 0.717) is 23.6 Å². The van der Waals surface area contributed by atoms with Gasteiger partial charge in [0.05, 0.1) is 12.2 Å². The highest BCUT2D eigenvalue weighted by molar-refractivity contribution is 9.10. The molecule has 0 aliphatic heterocycles. The fraction of sp³-hybridized carbons (Fsp3) is 0.348. The van der Waals surface area contributed by atoms with Gasteiger partial charge in [-0.2, -0.15) is 0 Å².